The minimum absolute atomic E-state index is 0. The van der Waals surface area contributed by atoms with E-state index in [0.29, 0.717) is 11.5 Å². The maximum absolute atomic E-state index is 12.6. The highest BCUT2D eigenvalue weighted by Crippen LogP contribution is 2.31. The van der Waals surface area contributed by atoms with E-state index in [1.807, 2.05) is 36.4 Å². The standard InChI is InChI=1S/C22H29N3O3S.HI/c1-22(2,3)16-8-10-17(11-9-16)29(26,27)15-13-24-21(23)25-19-12-14-28-20-7-5-4-6-18(19)20;/h4-11,19H,12-15H2,1-3H3,(H3,23,24,25);1H. The largest absolute Gasteiger partial charge is 0.493 e. The summed E-state index contributed by atoms with van der Waals surface area (Å²) in [4.78, 5) is 4.53. The normalized spacial score (nSPS) is 16.8. The van der Waals surface area contributed by atoms with Crippen LogP contribution in [0.15, 0.2) is 58.4 Å². The topological polar surface area (TPSA) is 93.8 Å². The van der Waals surface area contributed by atoms with Crippen molar-refractivity contribution in [2.24, 2.45) is 10.7 Å². The number of fused-ring (bicyclic) bond motifs is 1. The van der Waals surface area contributed by atoms with Crippen LogP contribution in [-0.4, -0.2) is 33.3 Å². The van der Waals surface area contributed by atoms with Crippen LogP contribution < -0.4 is 15.8 Å². The first-order valence-corrected chi connectivity index (χ1v) is 11.4. The number of halogens is 1. The van der Waals surface area contributed by atoms with Crippen molar-refractivity contribution in [3.8, 4) is 5.75 Å². The molecule has 3 rings (SSSR count). The molecule has 3 N–H and O–H groups in total. The predicted molar refractivity (Wildman–Crippen MR) is 132 cm³/mol. The second-order valence-corrected chi connectivity index (χ2v) is 10.3. The Balaban J connectivity index is 0.00000320. The molecule has 0 aromatic heterocycles. The molecule has 2 aromatic rings. The summed E-state index contributed by atoms with van der Waals surface area (Å²) in [6.45, 7) is 6.99. The Labute approximate surface area is 196 Å². The number of benzene rings is 2. The van der Waals surface area contributed by atoms with Crippen LogP contribution in [0, 0.1) is 0 Å². The van der Waals surface area contributed by atoms with Crippen molar-refractivity contribution in [3.05, 3.63) is 59.7 Å². The number of para-hydroxylation sites is 1. The van der Waals surface area contributed by atoms with Crippen molar-refractivity contribution in [1.82, 2.24) is 5.32 Å². The molecule has 0 saturated heterocycles. The first kappa shape index (κ1) is 24.5. The van der Waals surface area contributed by atoms with E-state index < -0.39 is 9.84 Å². The first-order chi connectivity index (χ1) is 13.7. The van der Waals surface area contributed by atoms with E-state index in [0.717, 1.165) is 23.3 Å². The average Bonchev–Trinajstić information content (AvgIpc) is 2.67. The van der Waals surface area contributed by atoms with Gasteiger partial charge in [-0.05, 0) is 29.2 Å². The second kappa shape index (κ2) is 10.00. The zero-order chi connectivity index (χ0) is 21.1. The Hall–Kier alpha value is -1.81. The number of hydrogen-bond donors (Lipinski definition) is 2. The smallest absolute Gasteiger partial charge is 0.189 e. The molecular weight excluding hydrogens is 513 g/mol. The molecule has 0 fully saturated rings. The molecule has 164 valence electrons. The first-order valence-electron chi connectivity index (χ1n) is 9.78. The minimum Gasteiger partial charge on any atom is -0.493 e. The SMILES string of the molecule is CC(C)(C)c1ccc(S(=O)(=O)CCN=C(N)NC2CCOc3ccccc32)cc1.I. The van der Waals surface area contributed by atoms with Crippen LogP contribution >= 0.6 is 24.0 Å². The van der Waals surface area contributed by atoms with Gasteiger partial charge >= 0.3 is 0 Å². The van der Waals surface area contributed by atoms with Gasteiger partial charge in [-0.1, -0.05) is 51.1 Å². The highest BCUT2D eigenvalue weighted by atomic mass is 127. The molecule has 6 nitrogen and oxygen atoms in total. The number of hydrogen-bond acceptors (Lipinski definition) is 4. The molecule has 1 aliphatic rings. The van der Waals surface area contributed by atoms with Crippen LogP contribution in [0.25, 0.3) is 0 Å². The predicted octanol–water partition coefficient (Wildman–Crippen LogP) is 3.80. The Morgan fingerprint density at radius 1 is 1.17 bits per heavy atom. The minimum atomic E-state index is -3.41. The molecule has 1 aliphatic heterocycles. The zero-order valence-corrected chi connectivity index (χ0v) is 20.7. The van der Waals surface area contributed by atoms with Gasteiger partial charge in [-0.15, -0.1) is 24.0 Å². The molecule has 0 saturated carbocycles. The number of sulfone groups is 1. The number of guanidine groups is 1. The van der Waals surface area contributed by atoms with E-state index in [2.05, 4.69) is 31.1 Å². The highest BCUT2D eigenvalue weighted by Gasteiger charge is 2.21. The molecule has 0 radical (unpaired) electrons. The summed E-state index contributed by atoms with van der Waals surface area (Å²) >= 11 is 0. The molecule has 1 heterocycles. The summed E-state index contributed by atoms with van der Waals surface area (Å²) in [5.74, 6) is 0.990. The lowest BCUT2D eigenvalue weighted by molar-refractivity contribution is 0.262. The number of nitrogens with two attached hydrogens (primary N) is 1. The Morgan fingerprint density at radius 3 is 2.50 bits per heavy atom. The third-order valence-corrected chi connectivity index (χ3v) is 6.71. The van der Waals surface area contributed by atoms with Crippen LogP contribution in [0.1, 0.15) is 44.4 Å². The quantitative estimate of drug-likeness (QED) is 0.340. The van der Waals surface area contributed by atoms with Crippen molar-refractivity contribution >= 4 is 39.8 Å². The van der Waals surface area contributed by atoms with Crippen LogP contribution in [0.5, 0.6) is 5.75 Å². The summed E-state index contributed by atoms with van der Waals surface area (Å²) in [7, 11) is -3.41. The monoisotopic (exact) mass is 543 g/mol. The van der Waals surface area contributed by atoms with Crippen molar-refractivity contribution < 1.29 is 13.2 Å². The van der Waals surface area contributed by atoms with Crippen molar-refractivity contribution in [3.63, 3.8) is 0 Å². The molecule has 0 aliphatic carbocycles. The fourth-order valence-electron chi connectivity index (χ4n) is 3.28. The van der Waals surface area contributed by atoms with Gasteiger partial charge in [0, 0.05) is 12.0 Å². The molecule has 0 bridgehead atoms. The van der Waals surface area contributed by atoms with Crippen LogP contribution in [0.3, 0.4) is 0 Å². The number of ether oxygens (including phenoxy) is 1. The summed E-state index contributed by atoms with van der Waals surface area (Å²) in [5.41, 5.74) is 8.11. The molecule has 0 amide bonds. The molecule has 2 aromatic carbocycles. The lowest BCUT2D eigenvalue weighted by Gasteiger charge is -2.26. The van der Waals surface area contributed by atoms with Gasteiger partial charge in [-0.3, -0.25) is 4.99 Å². The van der Waals surface area contributed by atoms with Crippen molar-refractivity contribution in [1.29, 1.82) is 0 Å². The maximum Gasteiger partial charge on any atom is 0.189 e. The number of aliphatic imine (C=N–C) groups is 1. The molecule has 30 heavy (non-hydrogen) atoms. The number of nitrogens with zero attached hydrogens (tertiary/aromatic N) is 1. The fourth-order valence-corrected chi connectivity index (χ4v) is 4.40. The third kappa shape index (κ3) is 6.10. The Kier molecular flexibility index (Phi) is 8.15. The van der Waals surface area contributed by atoms with E-state index in [-0.39, 0.29) is 53.7 Å². The van der Waals surface area contributed by atoms with Gasteiger partial charge in [-0.2, -0.15) is 0 Å². The van der Waals surface area contributed by atoms with Crippen LogP contribution in [-0.2, 0) is 15.3 Å². The molecule has 1 atom stereocenters. The van der Waals surface area contributed by atoms with Gasteiger partial charge in [-0.25, -0.2) is 8.42 Å². The summed E-state index contributed by atoms with van der Waals surface area (Å²) in [6.07, 6.45) is 0.770. The lowest BCUT2D eigenvalue weighted by atomic mass is 9.87. The Bertz CT molecular complexity index is 983. The fraction of sp³-hybridized carbons (Fsp3) is 0.409. The van der Waals surface area contributed by atoms with E-state index in [1.165, 1.54) is 0 Å². The molecule has 8 heteroatoms. The van der Waals surface area contributed by atoms with Gasteiger partial charge < -0.3 is 15.8 Å². The van der Waals surface area contributed by atoms with E-state index >= 15 is 0 Å². The van der Waals surface area contributed by atoms with E-state index in [4.69, 9.17) is 10.5 Å². The molecular formula is C22H30IN3O3S. The van der Waals surface area contributed by atoms with Crippen molar-refractivity contribution in [2.75, 3.05) is 18.9 Å². The third-order valence-electron chi connectivity index (χ3n) is 5.00. The summed E-state index contributed by atoms with van der Waals surface area (Å²) in [6, 6.07) is 14.9. The van der Waals surface area contributed by atoms with E-state index in [9.17, 15) is 8.42 Å². The summed E-state index contributed by atoms with van der Waals surface area (Å²) in [5, 5.41) is 3.18. The number of nitrogens with one attached hydrogen (secondary N) is 1. The highest BCUT2D eigenvalue weighted by molar-refractivity contribution is 14.0. The van der Waals surface area contributed by atoms with Gasteiger partial charge in [0.1, 0.15) is 5.75 Å². The van der Waals surface area contributed by atoms with Crippen LogP contribution in [0.4, 0.5) is 0 Å². The van der Waals surface area contributed by atoms with Gasteiger partial charge in [0.05, 0.1) is 29.8 Å². The molecule has 0 spiro atoms. The summed E-state index contributed by atoms with van der Waals surface area (Å²) < 4.78 is 30.8. The number of rotatable bonds is 5. The van der Waals surface area contributed by atoms with Gasteiger partial charge in [0.2, 0.25) is 0 Å². The van der Waals surface area contributed by atoms with Crippen LogP contribution in [0.2, 0.25) is 0 Å². The average molecular weight is 543 g/mol. The second-order valence-electron chi connectivity index (χ2n) is 8.23. The van der Waals surface area contributed by atoms with Gasteiger partial charge in [0.15, 0.2) is 15.8 Å². The van der Waals surface area contributed by atoms with Crippen molar-refractivity contribution in [2.45, 2.75) is 43.5 Å². The Morgan fingerprint density at radius 2 is 1.83 bits per heavy atom. The maximum atomic E-state index is 12.6. The van der Waals surface area contributed by atoms with Gasteiger partial charge in [0.25, 0.3) is 0 Å². The zero-order valence-electron chi connectivity index (χ0n) is 17.6. The lowest BCUT2D eigenvalue weighted by Crippen LogP contribution is -2.37. The van der Waals surface area contributed by atoms with E-state index in [1.54, 1.807) is 12.1 Å². The molecule has 1 unspecified atom stereocenters.